The summed E-state index contributed by atoms with van der Waals surface area (Å²) >= 11 is 0. The predicted octanol–water partition coefficient (Wildman–Crippen LogP) is 5.80. The summed E-state index contributed by atoms with van der Waals surface area (Å²) in [6.07, 6.45) is 15.2. The zero-order valence-corrected chi connectivity index (χ0v) is 17.8. The average molecular weight is 553 g/mol. The third-order valence-electron chi connectivity index (χ3n) is 3.49. The zero-order valence-electron chi connectivity index (χ0n) is 15.6. The first kappa shape index (κ1) is 23.7. The first-order valence-electron chi connectivity index (χ1n) is 8.67. The molecule has 142 valence electrons. The van der Waals surface area contributed by atoms with Crippen molar-refractivity contribution in [2.75, 3.05) is 0 Å². The van der Waals surface area contributed by atoms with E-state index in [-0.39, 0.29) is 22.4 Å². The fraction of sp³-hybridized carbons (Fsp3) is 0. The Morgan fingerprint density at radius 3 is 1.52 bits per heavy atom. The van der Waals surface area contributed by atoms with Gasteiger partial charge < -0.3 is 17.8 Å². The van der Waals surface area contributed by atoms with Crippen molar-refractivity contribution in [2.24, 2.45) is 0 Å². The Labute approximate surface area is 189 Å². The Kier molecular flexibility index (Phi) is 12.0. The molecule has 0 atom stereocenters. The number of rotatable bonds is 1. The van der Waals surface area contributed by atoms with Gasteiger partial charge >= 0.3 is 22.4 Å². The Morgan fingerprint density at radius 2 is 1.14 bits per heavy atom. The quantitative estimate of drug-likeness (QED) is 0.165. The molecule has 3 aromatic carbocycles. The first-order valence-corrected chi connectivity index (χ1v) is 8.67. The minimum atomic E-state index is 0. The van der Waals surface area contributed by atoms with E-state index in [2.05, 4.69) is 22.9 Å². The monoisotopic (exact) mass is 553 g/mol. The van der Waals surface area contributed by atoms with Gasteiger partial charge in [0, 0.05) is 6.20 Å². The van der Waals surface area contributed by atoms with Gasteiger partial charge in [-0.3, -0.25) is 11.8 Å². The van der Waals surface area contributed by atoms with Gasteiger partial charge in [-0.2, -0.15) is 0 Å². The third kappa shape index (κ3) is 9.43. The van der Waals surface area contributed by atoms with Gasteiger partial charge in [0.05, 0.1) is 0 Å². The zero-order chi connectivity index (χ0) is 19.9. The second kappa shape index (κ2) is 14.7. The van der Waals surface area contributed by atoms with Crippen molar-refractivity contribution in [3.8, 4) is 23.1 Å². The van der Waals surface area contributed by atoms with Crippen LogP contribution in [0.4, 0.5) is 0 Å². The summed E-state index contributed by atoms with van der Waals surface area (Å²) in [5.74, 6) is 4.55. The van der Waals surface area contributed by atoms with Gasteiger partial charge in [-0.1, -0.05) is 48.5 Å². The van der Waals surface area contributed by atoms with Crippen molar-refractivity contribution >= 4 is 0 Å². The molecular weight excluding hydrogens is 535 g/mol. The van der Waals surface area contributed by atoms with Crippen molar-refractivity contribution in [3.63, 3.8) is 0 Å². The van der Waals surface area contributed by atoms with Gasteiger partial charge in [0.2, 0.25) is 0 Å². The number of pyridine rings is 1. The van der Waals surface area contributed by atoms with E-state index in [0.29, 0.717) is 0 Å². The maximum atomic E-state index is 6.69. The van der Waals surface area contributed by atoms with E-state index in [1.807, 2.05) is 103 Å². The minimum absolute atomic E-state index is 0. The number of nitrogens with zero attached hydrogens (tertiary/aromatic N) is 1. The van der Waals surface area contributed by atoms with Crippen LogP contribution in [0.2, 0.25) is 0 Å². The second-order valence-electron chi connectivity index (χ2n) is 5.47. The van der Waals surface area contributed by atoms with Crippen LogP contribution in [0.25, 0.3) is 11.3 Å². The summed E-state index contributed by atoms with van der Waals surface area (Å²) < 4.78 is 0. The number of aromatic nitrogens is 1. The first-order chi connectivity index (χ1) is 13.8. The molecule has 2 heteroatoms. The molecule has 0 saturated carbocycles. The van der Waals surface area contributed by atoms with Gasteiger partial charge in [0.1, 0.15) is 0 Å². The van der Waals surface area contributed by atoms with Crippen LogP contribution in [-0.2, 0) is 22.4 Å². The van der Waals surface area contributed by atoms with Crippen LogP contribution in [0.3, 0.4) is 0 Å². The van der Waals surface area contributed by atoms with Crippen molar-refractivity contribution < 1.29 is 22.4 Å². The van der Waals surface area contributed by atoms with E-state index in [0.717, 1.165) is 22.4 Å². The summed E-state index contributed by atoms with van der Waals surface area (Å²) in [7, 11) is 0. The van der Waals surface area contributed by atoms with Crippen LogP contribution < -0.4 is 0 Å². The van der Waals surface area contributed by atoms with Crippen LogP contribution in [0.15, 0.2) is 109 Å². The van der Waals surface area contributed by atoms with Gasteiger partial charge in [0.25, 0.3) is 0 Å². The molecule has 0 amide bonds. The smallest absolute Gasteiger partial charge is 0.366 e. The largest absolute Gasteiger partial charge is 3.00 e. The normalized spacial score (nSPS) is 8.34. The molecule has 29 heavy (non-hydrogen) atoms. The van der Waals surface area contributed by atoms with Crippen molar-refractivity contribution in [1.29, 1.82) is 0 Å². The fourth-order valence-electron chi connectivity index (χ4n) is 2.12. The molecule has 1 aromatic heterocycles. The number of hydrogen-bond donors (Lipinski definition) is 0. The van der Waals surface area contributed by atoms with Crippen LogP contribution in [-0.4, -0.2) is 4.98 Å². The molecular formula is C27H18AuN. The Bertz CT molecular complexity index is 913. The van der Waals surface area contributed by atoms with Crippen molar-refractivity contribution in [2.45, 2.75) is 0 Å². The molecule has 0 unspecified atom stereocenters. The molecule has 4 aromatic rings. The molecule has 0 saturated heterocycles. The van der Waals surface area contributed by atoms with Crippen LogP contribution in [0.1, 0.15) is 11.1 Å². The van der Waals surface area contributed by atoms with Crippen LogP contribution in [0, 0.1) is 30.8 Å². The van der Waals surface area contributed by atoms with Gasteiger partial charge in [0.15, 0.2) is 0 Å². The number of hydrogen-bond acceptors (Lipinski definition) is 1. The van der Waals surface area contributed by atoms with Crippen molar-refractivity contribution in [3.05, 3.63) is 139 Å². The van der Waals surface area contributed by atoms with Gasteiger partial charge in [-0.25, -0.2) is 0 Å². The molecule has 0 radical (unpaired) electrons. The summed E-state index contributed by atoms with van der Waals surface area (Å²) in [5.41, 5.74) is 3.66. The standard InChI is InChI=1S/C11H8N.2C8H5.Au/c1-2-6-10(7-3-1)11-8-4-5-9-12-11;2*1-2-8-6-4-3-5-7-8;/h1-6,8-9H;2*3-7H;/q3*-1;+3. The van der Waals surface area contributed by atoms with Crippen LogP contribution >= 0.6 is 0 Å². The van der Waals surface area contributed by atoms with E-state index >= 15 is 0 Å². The van der Waals surface area contributed by atoms with E-state index in [9.17, 15) is 0 Å². The maximum absolute atomic E-state index is 6.69. The summed E-state index contributed by atoms with van der Waals surface area (Å²) in [4.78, 5) is 4.22. The third-order valence-corrected chi connectivity index (χ3v) is 3.49. The van der Waals surface area contributed by atoms with Gasteiger partial charge in [-0.15, -0.1) is 71.3 Å². The average Bonchev–Trinajstić information content (AvgIpc) is 2.82. The summed E-state index contributed by atoms with van der Waals surface area (Å²) in [6, 6.07) is 35.6. The van der Waals surface area contributed by atoms with Crippen molar-refractivity contribution in [1.82, 2.24) is 4.98 Å². The number of benzene rings is 3. The Balaban J connectivity index is 0.000000221. The SMILES string of the molecule is [Au+3].[C-]#Cc1ccccc1.[C-]#Cc1ccccc1.[c-]1ccccc1-c1ccccn1. The molecule has 4 rings (SSSR count). The maximum Gasteiger partial charge on any atom is 3.00 e. The van der Waals surface area contributed by atoms with Crippen LogP contribution in [0.5, 0.6) is 0 Å². The Hall–Kier alpha value is -3.33. The molecule has 0 aliphatic carbocycles. The molecule has 1 heterocycles. The minimum Gasteiger partial charge on any atom is -0.366 e. The molecule has 1 nitrogen and oxygen atoms in total. The Morgan fingerprint density at radius 1 is 0.621 bits per heavy atom. The second-order valence-corrected chi connectivity index (χ2v) is 5.47. The summed E-state index contributed by atoms with van der Waals surface area (Å²) in [5, 5.41) is 0. The molecule has 0 fully saturated rings. The molecule has 0 aliphatic heterocycles. The van der Waals surface area contributed by atoms with E-state index in [1.54, 1.807) is 6.20 Å². The van der Waals surface area contributed by atoms with E-state index in [4.69, 9.17) is 12.8 Å². The molecule has 0 bridgehead atoms. The topological polar surface area (TPSA) is 12.9 Å². The fourth-order valence-corrected chi connectivity index (χ4v) is 2.12. The molecule has 0 N–H and O–H groups in total. The summed E-state index contributed by atoms with van der Waals surface area (Å²) in [6.45, 7) is 0. The van der Waals surface area contributed by atoms with Gasteiger partial charge in [-0.05, 0) is 11.8 Å². The molecule has 0 aliphatic rings. The van der Waals surface area contributed by atoms with E-state index < -0.39 is 0 Å². The predicted molar refractivity (Wildman–Crippen MR) is 114 cm³/mol. The molecule has 0 spiro atoms. The van der Waals surface area contributed by atoms with E-state index in [1.165, 1.54) is 0 Å².